The highest BCUT2D eigenvalue weighted by atomic mass is 32.2. The third-order valence-corrected chi connectivity index (χ3v) is 9.45. The summed E-state index contributed by atoms with van der Waals surface area (Å²) in [5.41, 5.74) is 0.448. The Kier molecular flexibility index (Phi) is 9.64. The van der Waals surface area contributed by atoms with Gasteiger partial charge in [-0.3, -0.25) is 9.80 Å². The van der Waals surface area contributed by atoms with E-state index in [0.717, 1.165) is 35.6 Å². The predicted molar refractivity (Wildman–Crippen MR) is 162 cm³/mol. The SMILES string of the molecule is NS(=O)(=O)c1nc2ccc(OCC3CN(C(Cc4ccc(O)cc4)C(=O)NC(Cc4ccc(C(F)(F)F)cc4)C(=O)O)N=N3)cc2s1. The Morgan fingerprint density at radius 1 is 1.06 bits per heavy atom. The maximum Gasteiger partial charge on any atom is 0.416 e. The molecule has 1 aliphatic rings. The van der Waals surface area contributed by atoms with Crippen molar-refractivity contribution in [2.75, 3.05) is 13.2 Å². The predicted octanol–water partition coefficient (Wildman–Crippen LogP) is 3.52. The molecule has 3 atom stereocenters. The van der Waals surface area contributed by atoms with E-state index in [0.29, 0.717) is 21.5 Å². The molecule has 248 valence electrons. The van der Waals surface area contributed by atoms with Crippen LogP contribution in [0.4, 0.5) is 13.2 Å². The fourth-order valence-electron chi connectivity index (χ4n) is 4.71. The number of aliphatic carboxylic acids is 1. The third-order valence-electron chi connectivity index (χ3n) is 7.12. The lowest BCUT2D eigenvalue weighted by Crippen LogP contribution is -2.52. The molecule has 13 nitrogen and oxygen atoms in total. The number of carboxylic acid groups (broad SMARTS) is 1. The van der Waals surface area contributed by atoms with Gasteiger partial charge in [0.15, 0.2) is 0 Å². The number of hydrogen-bond acceptors (Lipinski definition) is 11. The number of nitrogens with one attached hydrogen (secondary N) is 1. The molecule has 1 aliphatic heterocycles. The smallest absolute Gasteiger partial charge is 0.416 e. The van der Waals surface area contributed by atoms with Gasteiger partial charge in [0, 0.05) is 12.8 Å². The number of phenolic OH excluding ortho intramolecular Hbond substituents is 1. The second-order valence-corrected chi connectivity index (χ2v) is 13.4. The second-order valence-electron chi connectivity index (χ2n) is 10.6. The summed E-state index contributed by atoms with van der Waals surface area (Å²) >= 11 is 0.893. The number of rotatable bonds is 12. The minimum atomic E-state index is -4.55. The number of primary sulfonamides is 1. The van der Waals surface area contributed by atoms with E-state index in [2.05, 4.69) is 20.6 Å². The number of nitrogens with two attached hydrogens (primary N) is 1. The number of carbonyl (C=O) groups is 2. The third kappa shape index (κ3) is 8.52. The molecule has 1 amide bonds. The van der Waals surface area contributed by atoms with Gasteiger partial charge in [-0.25, -0.2) is 23.3 Å². The second kappa shape index (κ2) is 13.5. The molecule has 47 heavy (non-hydrogen) atoms. The standard InChI is InChI=1S/C29H27F3N6O7S2/c30-29(31,32)18-5-1-16(2-6-18)11-23(27(41)42)34-26(40)24(12-17-3-7-20(39)8-4-17)38-14-19(36-37-38)15-45-21-9-10-22-25(13-21)46-28(35-22)47(33,43)44/h1-10,13,19,23-24,39H,11-12,14-15H2,(H,34,40)(H,41,42)(H2,33,43,44). The summed E-state index contributed by atoms with van der Waals surface area (Å²) in [5.74, 6) is -1.68. The largest absolute Gasteiger partial charge is 0.508 e. The molecular formula is C29H27F3N6O7S2. The molecular weight excluding hydrogens is 665 g/mol. The van der Waals surface area contributed by atoms with Crippen molar-refractivity contribution in [3.8, 4) is 11.5 Å². The molecule has 0 saturated carbocycles. The van der Waals surface area contributed by atoms with Crippen LogP contribution in [-0.4, -0.2) is 71.8 Å². The van der Waals surface area contributed by atoms with Gasteiger partial charge in [-0.2, -0.15) is 18.3 Å². The highest BCUT2D eigenvalue weighted by Gasteiger charge is 2.34. The van der Waals surface area contributed by atoms with E-state index in [4.69, 9.17) is 9.88 Å². The number of ether oxygens (including phenoxy) is 1. The van der Waals surface area contributed by atoms with Gasteiger partial charge in [-0.15, -0.1) is 11.3 Å². The van der Waals surface area contributed by atoms with E-state index >= 15 is 0 Å². The molecule has 2 heterocycles. The fourth-order valence-corrected chi connectivity index (χ4v) is 6.40. The lowest BCUT2D eigenvalue weighted by Gasteiger charge is -2.26. The Morgan fingerprint density at radius 2 is 1.72 bits per heavy atom. The number of phenols is 1. The van der Waals surface area contributed by atoms with Crippen molar-refractivity contribution in [2.24, 2.45) is 15.5 Å². The first-order valence-corrected chi connectivity index (χ1v) is 16.2. The molecule has 0 fully saturated rings. The maximum absolute atomic E-state index is 13.6. The number of aromatic nitrogens is 1. The van der Waals surface area contributed by atoms with Gasteiger partial charge in [-0.05, 0) is 53.6 Å². The molecule has 4 aromatic rings. The molecule has 5 N–H and O–H groups in total. The Hall–Kier alpha value is -4.81. The van der Waals surface area contributed by atoms with Crippen LogP contribution in [0.3, 0.4) is 0 Å². The highest BCUT2D eigenvalue weighted by molar-refractivity contribution is 7.91. The van der Waals surface area contributed by atoms with Gasteiger partial charge in [0.05, 0.1) is 22.3 Å². The molecule has 18 heteroatoms. The molecule has 3 aromatic carbocycles. The minimum Gasteiger partial charge on any atom is -0.508 e. The van der Waals surface area contributed by atoms with Crippen molar-refractivity contribution in [2.45, 2.75) is 41.5 Å². The van der Waals surface area contributed by atoms with E-state index in [1.807, 2.05) is 0 Å². The molecule has 1 aromatic heterocycles. The zero-order chi connectivity index (χ0) is 33.9. The van der Waals surface area contributed by atoms with Gasteiger partial charge in [0.25, 0.3) is 10.0 Å². The molecule has 0 bridgehead atoms. The topological polar surface area (TPSA) is 197 Å². The summed E-state index contributed by atoms with van der Waals surface area (Å²) in [4.78, 5) is 29.6. The van der Waals surface area contributed by atoms with Crippen molar-refractivity contribution in [3.05, 3.63) is 83.4 Å². The number of nitrogens with zero attached hydrogens (tertiary/aromatic N) is 4. The number of carboxylic acids is 1. The number of halogens is 3. The Labute approximate surface area is 269 Å². The van der Waals surface area contributed by atoms with E-state index in [9.17, 15) is 41.4 Å². The quantitative estimate of drug-likeness (QED) is 0.172. The number of alkyl halides is 3. The van der Waals surface area contributed by atoms with E-state index in [-0.39, 0.29) is 41.6 Å². The zero-order valence-electron chi connectivity index (χ0n) is 24.2. The van der Waals surface area contributed by atoms with Crippen LogP contribution in [0.2, 0.25) is 0 Å². The lowest BCUT2D eigenvalue weighted by molar-refractivity contribution is -0.142. The maximum atomic E-state index is 13.6. The average molecular weight is 693 g/mol. The number of amides is 1. The number of sulfonamides is 1. The summed E-state index contributed by atoms with van der Waals surface area (Å²) < 4.78 is 68.3. The van der Waals surface area contributed by atoms with Crippen molar-refractivity contribution in [3.63, 3.8) is 0 Å². The van der Waals surface area contributed by atoms with Crippen LogP contribution in [0.25, 0.3) is 10.2 Å². The fraction of sp³-hybridized carbons (Fsp3) is 0.276. The van der Waals surface area contributed by atoms with Crippen molar-refractivity contribution >= 4 is 43.5 Å². The average Bonchev–Trinajstić information content (AvgIpc) is 3.66. The van der Waals surface area contributed by atoms with Crippen LogP contribution in [0.15, 0.2) is 81.4 Å². The van der Waals surface area contributed by atoms with Crippen LogP contribution in [0.5, 0.6) is 11.5 Å². The van der Waals surface area contributed by atoms with Gasteiger partial charge >= 0.3 is 12.1 Å². The van der Waals surface area contributed by atoms with E-state index < -0.39 is 51.8 Å². The van der Waals surface area contributed by atoms with Gasteiger partial charge in [0.1, 0.15) is 36.2 Å². The van der Waals surface area contributed by atoms with Crippen LogP contribution in [0, 0.1) is 0 Å². The molecule has 0 saturated heterocycles. The monoisotopic (exact) mass is 692 g/mol. The lowest BCUT2D eigenvalue weighted by atomic mass is 10.0. The number of carbonyl (C=O) groups excluding carboxylic acids is 1. The van der Waals surface area contributed by atoms with Crippen molar-refractivity contribution < 1.29 is 46.1 Å². The van der Waals surface area contributed by atoms with E-state index in [1.54, 1.807) is 30.3 Å². The number of thiazole rings is 1. The summed E-state index contributed by atoms with van der Waals surface area (Å²) in [5, 5.41) is 36.9. The minimum absolute atomic E-state index is 0.00713. The molecule has 0 spiro atoms. The molecule has 5 rings (SSSR count). The first kappa shape index (κ1) is 33.6. The van der Waals surface area contributed by atoms with Gasteiger partial charge in [-0.1, -0.05) is 29.5 Å². The summed E-state index contributed by atoms with van der Waals surface area (Å²) in [7, 11) is -3.97. The molecule has 0 radical (unpaired) electrons. The number of hydrogen-bond donors (Lipinski definition) is 4. The van der Waals surface area contributed by atoms with Crippen LogP contribution < -0.4 is 15.2 Å². The van der Waals surface area contributed by atoms with Crippen LogP contribution in [-0.2, 0) is 38.6 Å². The Bertz CT molecular complexity index is 1900. The summed E-state index contributed by atoms with van der Waals surface area (Å²) in [6, 6.07) is 11.8. The number of aromatic hydroxyl groups is 1. The summed E-state index contributed by atoms with van der Waals surface area (Å²) in [6.07, 6.45) is -4.77. The normalized spacial score (nSPS) is 16.3. The Balaban J connectivity index is 1.27. The summed E-state index contributed by atoms with van der Waals surface area (Å²) in [6.45, 7) is 0.150. The highest BCUT2D eigenvalue weighted by Crippen LogP contribution is 2.30. The van der Waals surface area contributed by atoms with Crippen molar-refractivity contribution in [1.82, 2.24) is 15.3 Å². The van der Waals surface area contributed by atoms with E-state index in [1.165, 1.54) is 17.1 Å². The molecule has 0 aliphatic carbocycles. The first-order valence-electron chi connectivity index (χ1n) is 13.9. The number of fused-ring (bicyclic) bond motifs is 1. The van der Waals surface area contributed by atoms with Gasteiger partial charge < -0.3 is 20.3 Å². The van der Waals surface area contributed by atoms with Crippen molar-refractivity contribution in [1.29, 1.82) is 0 Å². The van der Waals surface area contributed by atoms with Crippen LogP contribution >= 0.6 is 11.3 Å². The number of benzene rings is 3. The zero-order valence-corrected chi connectivity index (χ0v) is 25.8. The first-order chi connectivity index (χ1) is 22.2. The van der Waals surface area contributed by atoms with Gasteiger partial charge in [0.2, 0.25) is 10.2 Å². The Morgan fingerprint density at radius 3 is 2.36 bits per heavy atom. The van der Waals surface area contributed by atoms with Crippen LogP contribution in [0.1, 0.15) is 16.7 Å². The molecule has 3 unspecified atom stereocenters.